The molecule has 0 aliphatic carbocycles. The highest BCUT2D eigenvalue weighted by Crippen LogP contribution is 2.26. The number of carbonyl (C=O) groups excluding carboxylic acids is 2. The van der Waals surface area contributed by atoms with Crippen molar-refractivity contribution in [2.45, 2.75) is 137 Å². The van der Waals surface area contributed by atoms with E-state index in [2.05, 4.69) is 26.6 Å². The molecule has 0 fully saturated rings. The van der Waals surface area contributed by atoms with Crippen molar-refractivity contribution in [1.29, 1.82) is 0 Å². The molecule has 1 unspecified atom stereocenters. The largest absolute Gasteiger partial charge is 0.459 e. The standard InChI is InChI=1S/C24H48O5Si/c1-11-12-13-14-15-16-17-18-19(29-30(8,9)10)20(21(25)27-23(2,3)4)22(26)28-24(5,6)7/h19-20H,11-18H2,1-10H3. The van der Waals surface area contributed by atoms with Gasteiger partial charge in [-0.15, -0.1) is 0 Å². The van der Waals surface area contributed by atoms with Gasteiger partial charge in [-0.05, 0) is 67.6 Å². The molecule has 178 valence electrons. The van der Waals surface area contributed by atoms with Crippen LogP contribution >= 0.6 is 0 Å². The van der Waals surface area contributed by atoms with Crippen molar-refractivity contribution < 1.29 is 23.5 Å². The lowest BCUT2D eigenvalue weighted by molar-refractivity contribution is -0.179. The minimum absolute atomic E-state index is 0.517. The van der Waals surface area contributed by atoms with E-state index in [1.54, 1.807) is 0 Å². The van der Waals surface area contributed by atoms with Crippen LogP contribution in [0.25, 0.3) is 0 Å². The van der Waals surface area contributed by atoms with Gasteiger partial charge in [-0.3, -0.25) is 9.59 Å². The highest BCUT2D eigenvalue weighted by molar-refractivity contribution is 6.69. The summed E-state index contributed by atoms with van der Waals surface area (Å²) in [6.07, 6.45) is 8.31. The van der Waals surface area contributed by atoms with Gasteiger partial charge in [-0.2, -0.15) is 0 Å². The first-order valence-corrected chi connectivity index (χ1v) is 15.1. The van der Waals surface area contributed by atoms with Gasteiger partial charge in [0.05, 0.1) is 6.10 Å². The van der Waals surface area contributed by atoms with Gasteiger partial charge < -0.3 is 13.9 Å². The van der Waals surface area contributed by atoms with Crippen molar-refractivity contribution in [2.75, 3.05) is 0 Å². The van der Waals surface area contributed by atoms with Crippen LogP contribution in [0, 0.1) is 5.92 Å². The van der Waals surface area contributed by atoms with Crippen LogP contribution in [-0.2, 0) is 23.5 Å². The number of rotatable bonds is 13. The fourth-order valence-corrected chi connectivity index (χ4v) is 4.34. The van der Waals surface area contributed by atoms with Gasteiger partial charge in [0.2, 0.25) is 0 Å². The summed E-state index contributed by atoms with van der Waals surface area (Å²) in [5, 5.41) is 0. The normalized spacial score (nSPS) is 14.0. The first kappa shape index (κ1) is 29.1. The minimum atomic E-state index is -1.99. The Balaban J connectivity index is 5.40. The molecule has 0 rings (SSSR count). The molecule has 0 radical (unpaired) electrons. The molecule has 0 amide bonds. The summed E-state index contributed by atoms with van der Waals surface area (Å²) >= 11 is 0. The van der Waals surface area contributed by atoms with Gasteiger partial charge in [0.15, 0.2) is 14.2 Å². The first-order chi connectivity index (χ1) is 13.6. The van der Waals surface area contributed by atoms with Crippen molar-refractivity contribution in [3.05, 3.63) is 0 Å². The summed E-state index contributed by atoms with van der Waals surface area (Å²) in [4.78, 5) is 26.1. The zero-order valence-corrected chi connectivity index (χ0v) is 22.4. The van der Waals surface area contributed by atoms with Crippen LogP contribution in [0.4, 0.5) is 0 Å². The van der Waals surface area contributed by atoms with E-state index in [-0.39, 0.29) is 0 Å². The molecule has 0 bridgehead atoms. The van der Waals surface area contributed by atoms with Gasteiger partial charge in [-0.25, -0.2) is 0 Å². The molecule has 0 saturated heterocycles. The maximum absolute atomic E-state index is 13.0. The second-order valence-corrected chi connectivity index (χ2v) is 15.7. The average molecular weight is 445 g/mol. The third-order valence-corrected chi connectivity index (χ3v) is 5.30. The average Bonchev–Trinajstić information content (AvgIpc) is 2.48. The lowest BCUT2D eigenvalue weighted by Gasteiger charge is -2.33. The Morgan fingerprint density at radius 1 is 0.733 bits per heavy atom. The fourth-order valence-electron chi connectivity index (χ4n) is 3.18. The SMILES string of the molecule is CCCCCCCCCC(O[Si](C)(C)C)C(C(=O)OC(C)(C)C)C(=O)OC(C)(C)C. The quantitative estimate of drug-likeness (QED) is 0.138. The Morgan fingerprint density at radius 2 is 1.13 bits per heavy atom. The second kappa shape index (κ2) is 12.8. The smallest absolute Gasteiger partial charge is 0.323 e. The number of unbranched alkanes of at least 4 members (excludes halogenated alkanes) is 6. The predicted molar refractivity (Wildman–Crippen MR) is 126 cm³/mol. The molecule has 30 heavy (non-hydrogen) atoms. The van der Waals surface area contributed by atoms with Crippen molar-refractivity contribution in [1.82, 2.24) is 0 Å². The Labute approximate surface area is 186 Å². The molecule has 0 aromatic carbocycles. The lowest BCUT2D eigenvalue weighted by atomic mass is 9.96. The molecule has 1 atom stereocenters. The van der Waals surface area contributed by atoms with Gasteiger partial charge in [0.25, 0.3) is 0 Å². The molecule has 0 aliphatic rings. The van der Waals surface area contributed by atoms with Crippen LogP contribution in [0.5, 0.6) is 0 Å². The summed E-state index contributed by atoms with van der Waals surface area (Å²) in [5.74, 6) is -2.17. The van der Waals surface area contributed by atoms with Crippen LogP contribution in [0.3, 0.4) is 0 Å². The van der Waals surface area contributed by atoms with Gasteiger partial charge in [-0.1, -0.05) is 51.9 Å². The molecule has 0 aliphatic heterocycles. The first-order valence-electron chi connectivity index (χ1n) is 11.7. The van der Waals surface area contributed by atoms with E-state index in [0.717, 1.165) is 12.8 Å². The molecule has 5 nitrogen and oxygen atoms in total. The number of hydrogen-bond acceptors (Lipinski definition) is 5. The van der Waals surface area contributed by atoms with Crippen LogP contribution in [0.2, 0.25) is 19.6 Å². The van der Waals surface area contributed by atoms with Crippen molar-refractivity contribution >= 4 is 20.3 Å². The molecule has 0 spiro atoms. The third kappa shape index (κ3) is 15.0. The Hall–Kier alpha value is -0.883. The Morgan fingerprint density at radius 3 is 1.50 bits per heavy atom. The molecule has 6 heteroatoms. The third-order valence-electron chi connectivity index (χ3n) is 4.29. The number of hydrogen-bond donors (Lipinski definition) is 0. The highest BCUT2D eigenvalue weighted by Gasteiger charge is 2.42. The fraction of sp³-hybridized carbons (Fsp3) is 0.917. The van der Waals surface area contributed by atoms with Gasteiger partial charge in [0.1, 0.15) is 11.2 Å². The van der Waals surface area contributed by atoms with Crippen LogP contribution in [-0.4, -0.2) is 37.6 Å². The maximum Gasteiger partial charge on any atom is 0.323 e. The van der Waals surface area contributed by atoms with Crippen molar-refractivity contribution in [2.24, 2.45) is 5.92 Å². The molecule has 0 aromatic rings. The van der Waals surface area contributed by atoms with E-state index < -0.39 is 43.5 Å². The number of carbonyl (C=O) groups is 2. The molecule has 0 heterocycles. The topological polar surface area (TPSA) is 61.8 Å². The van der Waals surface area contributed by atoms with Crippen LogP contribution < -0.4 is 0 Å². The number of ether oxygens (including phenoxy) is 2. The molecule has 0 aromatic heterocycles. The monoisotopic (exact) mass is 444 g/mol. The van der Waals surface area contributed by atoms with Gasteiger partial charge in [0, 0.05) is 0 Å². The van der Waals surface area contributed by atoms with E-state index in [9.17, 15) is 9.59 Å². The summed E-state index contributed by atoms with van der Waals surface area (Å²) in [5.41, 5.74) is -1.36. The van der Waals surface area contributed by atoms with E-state index in [4.69, 9.17) is 13.9 Å². The van der Waals surface area contributed by atoms with Gasteiger partial charge >= 0.3 is 11.9 Å². The van der Waals surface area contributed by atoms with E-state index in [0.29, 0.717) is 6.42 Å². The summed E-state index contributed by atoms with van der Waals surface area (Å²) in [6.45, 7) is 19.3. The van der Waals surface area contributed by atoms with Crippen LogP contribution in [0.1, 0.15) is 99.8 Å². The Bertz CT molecular complexity index is 483. The van der Waals surface area contributed by atoms with E-state index >= 15 is 0 Å². The summed E-state index contributed by atoms with van der Waals surface area (Å²) in [6, 6.07) is 0. The molecular weight excluding hydrogens is 396 g/mol. The maximum atomic E-state index is 13.0. The molecule has 0 N–H and O–H groups in total. The molecular formula is C24H48O5Si. The Kier molecular flexibility index (Phi) is 12.5. The summed E-state index contributed by atoms with van der Waals surface area (Å²) in [7, 11) is -1.99. The number of esters is 2. The van der Waals surface area contributed by atoms with Crippen molar-refractivity contribution in [3.8, 4) is 0 Å². The predicted octanol–water partition coefficient (Wildman–Crippen LogP) is 6.65. The van der Waals surface area contributed by atoms with E-state index in [1.807, 2.05) is 41.5 Å². The minimum Gasteiger partial charge on any atom is -0.459 e. The second-order valence-electron chi connectivity index (χ2n) is 11.2. The highest BCUT2D eigenvalue weighted by atomic mass is 28.4. The zero-order chi connectivity index (χ0) is 23.6. The summed E-state index contributed by atoms with van der Waals surface area (Å²) < 4.78 is 17.6. The van der Waals surface area contributed by atoms with E-state index in [1.165, 1.54) is 32.1 Å². The zero-order valence-electron chi connectivity index (χ0n) is 21.4. The lowest BCUT2D eigenvalue weighted by Crippen LogP contribution is -2.47. The molecule has 0 saturated carbocycles. The van der Waals surface area contributed by atoms with Crippen LogP contribution in [0.15, 0.2) is 0 Å². The van der Waals surface area contributed by atoms with Crippen molar-refractivity contribution in [3.63, 3.8) is 0 Å².